The van der Waals surface area contributed by atoms with Crippen LogP contribution in [-0.2, 0) is 0 Å². The van der Waals surface area contributed by atoms with Gasteiger partial charge in [0.05, 0.1) is 0 Å². The van der Waals surface area contributed by atoms with E-state index in [2.05, 4.69) is 20.8 Å². The molecule has 1 aromatic heterocycles. The van der Waals surface area contributed by atoms with Crippen molar-refractivity contribution in [2.45, 2.75) is 13.8 Å². The van der Waals surface area contributed by atoms with Gasteiger partial charge in [0.15, 0.2) is 11.5 Å². The quantitative estimate of drug-likeness (QED) is 0.858. The van der Waals surface area contributed by atoms with Crippen LogP contribution < -0.4 is 15.5 Å². The Kier molecular flexibility index (Phi) is 5.51. The molecule has 0 spiro atoms. The van der Waals surface area contributed by atoms with E-state index in [1.54, 1.807) is 12.1 Å². The number of amides is 1. The van der Waals surface area contributed by atoms with Crippen molar-refractivity contribution in [3.8, 4) is 0 Å². The SMILES string of the molecule is CC(C)CNC(=O)c1ccc(Nc2ccc(N(C)C)cc2)nn1. The molecular formula is C17H23N5O. The second-order valence-electron chi connectivity index (χ2n) is 5.97. The maximum Gasteiger partial charge on any atom is 0.271 e. The van der Waals surface area contributed by atoms with E-state index in [0.29, 0.717) is 24.0 Å². The van der Waals surface area contributed by atoms with E-state index in [-0.39, 0.29) is 5.91 Å². The summed E-state index contributed by atoms with van der Waals surface area (Å²) in [5.74, 6) is 0.800. The molecule has 6 nitrogen and oxygen atoms in total. The highest BCUT2D eigenvalue weighted by molar-refractivity contribution is 5.92. The molecule has 0 aliphatic carbocycles. The van der Waals surface area contributed by atoms with E-state index < -0.39 is 0 Å². The highest BCUT2D eigenvalue weighted by Crippen LogP contribution is 2.18. The molecule has 0 radical (unpaired) electrons. The monoisotopic (exact) mass is 313 g/mol. The molecular weight excluding hydrogens is 290 g/mol. The molecule has 2 aromatic rings. The fraction of sp³-hybridized carbons (Fsp3) is 0.353. The number of hydrogen-bond donors (Lipinski definition) is 2. The first kappa shape index (κ1) is 16.7. The van der Waals surface area contributed by atoms with E-state index >= 15 is 0 Å². The first-order valence-electron chi connectivity index (χ1n) is 7.62. The van der Waals surface area contributed by atoms with Gasteiger partial charge in [-0.2, -0.15) is 0 Å². The fourth-order valence-corrected chi connectivity index (χ4v) is 1.90. The van der Waals surface area contributed by atoms with Crippen molar-refractivity contribution in [1.29, 1.82) is 0 Å². The normalized spacial score (nSPS) is 10.5. The van der Waals surface area contributed by atoms with Crippen molar-refractivity contribution in [1.82, 2.24) is 15.5 Å². The van der Waals surface area contributed by atoms with Gasteiger partial charge in [-0.3, -0.25) is 4.79 Å². The average Bonchev–Trinajstić information content (AvgIpc) is 2.54. The van der Waals surface area contributed by atoms with Crippen LogP contribution in [0.3, 0.4) is 0 Å². The molecule has 0 unspecified atom stereocenters. The van der Waals surface area contributed by atoms with Crippen molar-refractivity contribution in [3.63, 3.8) is 0 Å². The third-order valence-electron chi connectivity index (χ3n) is 3.22. The number of benzene rings is 1. The lowest BCUT2D eigenvalue weighted by Crippen LogP contribution is -2.28. The van der Waals surface area contributed by atoms with E-state index in [1.807, 2.05) is 57.1 Å². The zero-order chi connectivity index (χ0) is 16.8. The van der Waals surface area contributed by atoms with Gasteiger partial charge >= 0.3 is 0 Å². The summed E-state index contributed by atoms with van der Waals surface area (Å²) in [5, 5.41) is 14.0. The summed E-state index contributed by atoms with van der Waals surface area (Å²) in [6.07, 6.45) is 0. The van der Waals surface area contributed by atoms with Crippen LogP contribution in [0.4, 0.5) is 17.2 Å². The predicted molar refractivity (Wildman–Crippen MR) is 93.3 cm³/mol. The van der Waals surface area contributed by atoms with Crippen LogP contribution in [0, 0.1) is 5.92 Å². The third kappa shape index (κ3) is 4.95. The van der Waals surface area contributed by atoms with Crippen LogP contribution in [-0.4, -0.2) is 36.7 Å². The average molecular weight is 313 g/mol. The molecule has 0 atom stereocenters. The summed E-state index contributed by atoms with van der Waals surface area (Å²) in [6.45, 7) is 4.71. The second kappa shape index (κ2) is 7.58. The first-order chi connectivity index (χ1) is 11.0. The standard InChI is InChI=1S/C17H23N5O/c1-12(2)11-18-17(23)15-9-10-16(21-20-15)19-13-5-7-14(8-6-13)22(3)4/h5-10,12H,11H2,1-4H3,(H,18,23)(H,19,21). The Morgan fingerprint density at radius 3 is 2.30 bits per heavy atom. The zero-order valence-electron chi connectivity index (χ0n) is 14.0. The fourth-order valence-electron chi connectivity index (χ4n) is 1.90. The highest BCUT2D eigenvalue weighted by Gasteiger charge is 2.08. The molecule has 1 amide bonds. The van der Waals surface area contributed by atoms with Gasteiger partial charge in [-0.1, -0.05) is 13.8 Å². The molecule has 2 rings (SSSR count). The van der Waals surface area contributed by atoms with E-state index in [0.717, 1.165) is 11.4 Å². The number of anilines is 3. The molecule has 1 aromatic carbocycles. The van der Waals surface area contributed by atoms with Crippen molar-refractivity contribution in [2.75, 3.05) is 30.9 Å². The van der Waals surface area contributed by atoms with Crippen molar-refractivity contribution in [3.05, 3.63) is 42.1 Å². The number of aromatic nitrogens is 2. The lowest BCUT2D eigenvalue weighted by Gasteiger charge is -2.13. The van der Waals surface area contributed by atoms with Gasteiger partial charge in [-0.05, 0) is 42.3 Å². The number of carbonyl (C=O) groups excluding carboxylic acids is 1. The second-order valence-corrected chi connectivity index (χ2v) is 5.97. The van der Waals surface area contributed by atoms with Crippen LogP contribution in [0.2, 0.25) is 0 Å². The molecule has 0 aliphatic heterocycles. The van der Waals surface area contributed by atoms with Crippen LogP contribution in [0.25, 0.3) is 0 Å². The third-order valence-corrected chi connectivity index (χ3v) is 3.22. The summed E-state index contributed by atoms with van der Waals surface area (Å²) in [7, 11) is 3.99. The van der Waals surface area contributed by atoms with Gasteiger partial charge < -0.3 is 15.5 Å². The Morgan fingerprint density at radius 2 is 1.78 bits per heavy atom. The number of rotatable bonds is 6. The van der Waals surface area contributed by atoms with Gasteiger partial charge in [0.2, 0.25) is 0 Å². The Labute approximate surface area is 136 Å². The van der Waals surface area contributed by atoms with Crippen LogP contribution in [0.5, 0.6) is 0 Å². The highest BCUT2D eigenvalue weighted by atomic mass is 16.1. The summed E-state index contributed by atoms with van der Waals surface area (Å²) in [5.41, 5.74) is 2.36. The van der Waals surface area contributed by atoms with E-state index in [1.165, 1.54) is 0 Å². The summed E-state index contributed by atoms with van der Waals surface area (Å²) in [4.78, 5) is 13.9. The molecule has 2 N–H and O–H groups in total. The molecule has 6 heteroatoms. The van der Waals surface area contributed by atoms with Crippen LogP contribution in [0.15, 0.2) is 36.4 Å². The Morgan fingerprint density at radius 1 is 1.09 bits per heavy atom. The first-order valence-corrected chi connectivity index (χ1v) is 7.62. The molecule has 0 fully saturated rings. The van der Waals surface area contributed by atoms with E-state index in [4.69, 9.17) is 0 Å². The van der Waals surface area contributed by atoms with Crippen LogP contribution in [0.1, 0.15) is 24.3 Å². The summed E-state index contributed by atoms with van der Waals surface area (Å²) in [6, 6.07) is 11.4. The maximum atomic E-state index is 11.9. The minimum Gasteiger partial charge on any atom is -0.378 e. The number of nitrogens with one attached hydrogen (secondary N) is 2. The molecule has 0 saturated carbocycles. The minimum atomic E-state index is -0.201. The lowest BCUT2D eigenvalue weighted by molar-refractivity contribution is 0.0943. The number of nitrogens with zero attached hydrogens (tertiary/aromatic N) is 3. The molecule has 0 saturated heterocycles. The summed E-state index contributed by atoms with van der Waals surface area (Å²) >= 11 is 0. The molecule has 0 bridgehead atoms. The zero-order valence-corrected chi connectivity index (χ0v) is 14.0. The Hall–Kier alpha value is -2.63. The predicted octanol–water partition coefficient (Wildman–Crippen LogP) is 2.67. The summed E-state index contributed by atoms with van der Waals surface area (Å²) < 4.78 is 0. The van der Waals surface area contributed by atoms with E-state index in [9.17, 15) is 4.79 Å². The van der Waals surface area contributed by atoms with Crippen LogP contribution >= 0.6 is 0 Å². The Balaban J connectivity index is 1.98. The van der Waals surface area contributed by atoms with Gasteiger partial charge in [0.25, 0.3) is 5.91 Å². The molecule has 122 valence electrons. The minimum absolute atomic E-state index is 0.201. The van der Waals surface area contributed by atoms with Gasteiger partial charge in [-0.15, -0.1) is 10.2 Å². The topological polar surface area (TPSA) is 70.2 Å². The van der Waals surface area contributed by atoms with Crippen molar-refractivity contribution in [2.24, 2.45) is 5.92 Å². The van der Waals surface area contributed by atoms with Gasteiger partial charge in [-0.25, -0.2) is 0 Å². The van der Waals surface area contributed by atoms with Crippen molar-refractivity contribution >= 4 is 23.1 Å². The van der Waals surface area contributed by atoms with Gasteiger partial charge in [0.1, 0.15) is 0 Å². The lowest BCUT2D eigenvalue weighted by atomic mass is 10.2. The molecule has 0 aliphatic rings. The molecule has 23 heavy (non-hydrogen) atoms. The number of carbonyl (C=O) groups is 1. The number of hydrogen-bond acceptors (Lipinski definition) is 5. The Bertz CT molecular complexity index is 635. The van der Waals surface area contributed by atoms with Crippen molar-refractivity contribution < 1.29 is 4.79 Å². The largest absolute Gasteiger partial charge is 0.378 e. The molecule has 1 heterocycles. The smallest absolute Gasteiger partial charge is 0.271 e. The maximum absolute atomic E-state index is 11.9. The van der Waals surface area contributed by atoms with Gasteiger partial charge in [0, 0.05) is 32.0 Å².